The molecule has 1 heterocycles. The van der Waals surface area contributed by atoms with Crippen molar-refractivity contribution in [3.63, 3.8) is 0 Å². The van der Waals surface area contributed by atoms with Crippen molar-refractivity contribution in [3.05, 3.63) is 23.8 Å². The molecule has 1 aliphatic heterocycles. The largest absolute Gasteiger partial charge is 0.493 e. The van der Waals surface area contributed by atoms with Crippen LogP contribution in [0.15, 0.2) is 18.2 Å². The van der Waals surface area contributed by atoms with Crippen molar-refractivity contribution in [2.75, 3.05) is 33.9 Å². The van der Waals surface area contributed by atoms with E-state index in [0.29, 0.717) is 23.7 Å². The topological polar surface area (TPSA) is 48.0 Å². The van der Waals surface area contributed by atoms with Gasteiger partial charge in [0.15, 0.2) is 11.5 Å². The molecule has 0 bridgehead atoms. The molecule has 1 aromatic carbocycles. The number of esters is 1. The van der Waals surface area contributed by atoms with Crippen LogP contribution in [0, 0.1) is 0 Å². The van der Waals surface area contributed by atoms with Gasteiger partial charge in [-0.3, -0.25) is 4.90 Å². The fourth-order valence-electron chi connectivity index (χ4n) is 2.70. The fraction of sp³-hybridized carbons (Fsp3) is 0.588. The van der Waals surface area contributed by atoms with E-state index in [0.717, 1.165) is 13.1 Å². The van der Waals surface area contributed by atoms with Crippen LogP contribution in [0.4, 0.5) is 0 Å². The van der Waals surface area contributed by atoms with Crippen LogP contribution in [0.25, 0.3) is 0 Å². The van der Waals surface area contributed by atoms with Crippen molar-refractivity contribution in [1.29, 1.82) is 0 Å². The van der Waals surface area contributed by atoms with Gasteiger partial charge < -0.3 is 14.2 Å². The quantitative estimate of drug-likeness (QED) is 0.756. The molecule has 0 radical (unpaired) electrons. The molecule has 5 nitrogen and oxygen atoms in total. The lowest BCUT2D eigenvalue weighted by atomic mass is 10.1. The minimum absolute atomic E-state index is 0.0253. The maximum atomic E-state index is 11.6. The maximum Gasteiger partial charge on any atom is 0.337 e. The van der Waals surface area contributed by atoms with E-state index >= 15 is 0 Å². The molecule has 0 amide bonds. The van der Waals surface area contributed by atoms with Crippen molar-refractivity contribution < 1.29 is 19.0 Å². The molecule has 1 aromatic rings. The Kier molecular flexibility index (Phi) is 5.29. The summed E-state index contributed by atoms with van der Waals surface area (Å²) in [5.74, 6) is 0.796. The monoisotopic (exact) mass is 307 g/mol. The van der Waals surface area contributed by atoms with Crippen LogP contribution >= 0.6 is 0 Å². The molecule has 1 saturated heterocycles. The van der Waals surface area contributed by atoms with Gasteiger partial charge in [0, 0.05) is 5.54 Å². The third-order valence-electron chi connectivity index (χ3n) is 4.13. The molecule has 0 aliphatic carbocycles. The zero-order valence-corrected chi connectivity index (χ0v) is 13.8. The SMILES string of the molecule is COC(=O)c1ccc(OCC(C)(C)N2CCCC2)c(OC)c1. The first-order valence-electron chi connectivity index (χ1n) is 7.62. The normalized spacial score (nSPS) is 15.6. The van der Waals surface area contributed by atoms with Crippen LogP contribution in [-0.4, -0.2) is 50.3 Å². The van der Waals surface area contributed by atoms with Gasteiger partial charge in [-0.05, 0) is 58.0 Å². The number of hydrogen-bond acceptors (Lipinski definition) is 5. The van der Waals surface area contributed by atoms with Gasteiger partial charge in [0.25, 0.3) is 0 Å². The molecular weight excluding hydrogens is 282 g/mol. The highest BCUT2D eigenvalue weighted by atomic mass is 16.5. The predicted octanol–water partition coefficient (Wildman–Crippen LogP) is 2.74. The van der Waals surface area contributed by atoms with E-state index in [2.05, 4.69) is 18.7 Å². The van der Waals surface area contributed by atoms with Crippen LogP contribution in [0.3, 0.4) is 0 Å². The number of benzene rings is 1. The van der Waals surface area contributed by atoms with Gasteiger partial charge in [-0.25, -0.2) is 4.79 Å². The smallest absolute Gasteiger partial charge is 0.337 e. The molecule has 1 aliphatic rings. The Balaban J connectivity index is 2.07. The lowest BCUT2D eigenvalue weighted by molar-refractivity contribution is 0.0599. The van der Waals surface area contributed by atoms with Crippen LogP contribution in [0.2, 0.25) is 0 Å². The molecule has 122 valence electrons. The summed E-state index contributed by atoms with van der Waals surface area (Å²) >= 11 is 0. The maximum absolute atomic E-state index is 11.6. The van der Waals surface area contributed by atoms with E-state index < -0.39 is 0 Å². The standard InChI is InChI=1S/C17H25NO4/c1-17(2,18-9-5-6-10-18)12-22-14-8-7-13(16(19)21-4)11-15(14)20-3/h7-8,11H,5-6,9-10,12H2,1-4H3. The van der Waals surface area contributed by atoms with E-state index in [9.17, 15) is 4.79 Å². The summed E-state index contributed by atoms with van der Waals surface area (Å²) in [6.45, 7) is 7.19. The van der Waals surface area contributed by atoms with Gasteiger partial charge in [0.05, 0.1) is 19.8 Å². The van der Waals surface area contributed by atoms with E-state index in [1.165, 1.54) is 20.0 Å². The molecule has 0 atom stereocenters. The van der Waals surface area contributed by atoms with Crippen molar-refractivity contribution >= 4 is 5.97 Å². The van der Waals surface area contributed by atoms with Gasteiger partial charge in [0.2, 0.25) is 0 Å². The molecule has 0 spiro atoms. The van der Waals surface area contributed by atoms with Gasteiger partial charge in [-0.1, -0.05) is 0 Å². The molecule has 2 rings (SSSR count). The second kappa shape index (κ2) is 7.01. The Hall–Kier alpha value is -1.75. The zero-order valence-electron chi connectivity index (χ0n) is 13.8. The Bertz CT molecular complexity index is 521. The number of hydrogen-bond donors (Lipinski definition) is 0. The van der Waals surface area contributed by atoms with E-state index in [1.807, 2.05) is 0 Å². The first-order chi connectivity index (χ1) is 10.5. The Morgan fingerprint density at radius 2 is 1.86 bits per heavy atom. The molecular formula is C17H25NO4. The summed E-state index contributed by atoms with van der Waals surface area (Å²) in [5, 5.41) is 0. The molecule has 22 heavy (non-hydrogen) atoms. The predicted molar refractivity (Wildman–Crippen MR) is 84.7 cm³/mol. The highest BCUT2D eigenvalue weighted by Gasteiger charge is 2.30. The average molecular weight is 307 g/mol. The molecule has 0 N–H and O–H groups in total. The number of nitrogens with zero attached hydrogens (tertiary/aromatic N) is 1. The number of methoxy groups -OCH3 is 2. The fourth-order valence-corrected chi connectivity index (χ4v) is 2.70. The first-order valence-corrected chi connectivity index (χ1v) is 7.62. The van der Waals surface area contributed by atoms with Crippen molar-refractivity contribution in [2.45, 2.75) is 32.2 Å². The third-order valence-corrected chi connectivity index (χ3v) is 4.13. The van der Waals surface area contributed by atoms with Gasteiger partial charge >= 0.3 is 5.97 Å². The van der Waals surface area contributed by atoms with Crippen LogP contribution in [0.5, 0.6) is 11.5 Å². The minimum Gasteiger partial charge on any atom is -0.493 e. The van der Waals surface area contributed by atoms with Crippen molar-refractivity contribution in [3.8, 4) is 11.5 Å². The van der Waals surface area contributed by atoms with Crippen LogP contribution < -0.4 is 9.47 Å². The summed E-state index contributed by atoms with van der Waals surface area (Å²) in [6.07, 6.45) is 2.50. The summed E-state index contributed by atoms with van der Waals surface area (Å²) in [5.41, 5.74) is 0.424. The van der Waals surface area contributed by atoms with E-state index in [-0.39, 0.29) is 11.5 Å². The highest BCUT2D eigenvalue weighted by molar-refractivity contribution is 5.90. The minimum atomic E-state index is -0.387. The summed E-state index contributed by atoms with van der Waals surface area (Å²) in [4.78, 5) is 14.0. The molecule has 0 saturated carbocycles. The van der Waals surface area contributed by atoms with E-state index in [1.54, 1.807) is 25.3 Å². The number of carbonyl (C=O) groups excluding carboxylic acids is 1. The zero-order chi connectivity index (χ0) is 16.2. The lowest BCUT2D eigenvalue weighted by Gasteiger charge is -2.35. The average Bonchev–Trinajstić information content (AvgIpc) is 3.07. The van der Waals surface area contributed by atoms with Gasteiger partial charge in [-0.2, -0.15) is 0 Å². The summed E-state index contributed by atoms with van der Waals surface area (Å²) in [6, 6.07) is 5.09. The second-order valence-electron chi connectivity index (χ2n) is 6.15. The number of rotatable bonds is 6. The third kappa shape index (κ3) is 3.71. The first kappa shape index (κ1) is 16.6. The Morgan fingerprint density at radius 1 is 1.18 bits per heavy atom. The summed E-state index contributed by atoms with van der Waals surface area (Å²) < 4.78 is 16.0. The van der Waals surface area contributed by atoms with Crippen LogP contribution in [0.1, 0.15) is 37.0 Å². The number of ether oxygens (including phenoxy) is 3. The van der Waals surface area contributed by atoms with Gasteiger partial charge in [0.1, 0.15) is 6.61 Å². The molecule has 1 fully saturated rings. The summed E-state index contributed by atoms with van der Waals surface area (Å²) in [7, 11) is 2.92. The number of likely N-dealkylation sites (tertiary alicyclic amines) is 1. The van der Waals surface area contributed by atoms with Crippen molar-refractivity contribution in [2.24, 2.45) is 0 Å². The second-order valence-corrected chi connectivity index (χ2v) is 6.15. The van der Waals surface area contributed by atoms with Gasteiger partial charge in [-0.15, -0.1) is 0 Å². The lowest BCUT2D eigenvalue weighted by Crippen LogP contribution is -2.46. The van der Waals surface area contributed by atoms with E-state index in [4.69, 9.17) is 14.2 Å². The molecule has 0 aromatic heterocycles. The van der Waals surface area contributed by atoms with Crippen LogP contribution in [-0.2, 0) is 4.74 Å². The molecule has 5 heteroatoms. The van der Waals surface area contributed by atoms with Crippen molar-refractivity contribution in [1.82, 2.24) is 4.90 Å². The highest BCUT2D eigenvalue weighted by Crippen LogP contribution is 2.30. The molecule has 0 unspecified atom stereocenters. The Labute approximate surface area is 132 Å². The number of carbonyl (C=O) groups is 1. The Morgan fingerprint density at radius 3 is 2.45 bits per heavy atom.